The number of hydrogen-bond donors (Lipinski definition) is 1. The maximum atomic E-state index is 13.3. The van der Waals surface area contributed by atoms with E-state index in [1.54, 1.807) is 42.5 Å². The summed E-state index contributed by atoms with van der Waals surface area (Å²) in [5, 5.41) is 1.24. The third-order valence-electron chi connectivity index (χ3n) is 5.75. The van der Waals surface area contributed by atoms with E-state index < -0.39 is 19.6 Å². The fourth-order valence-corrected chi connectivity index (χ4v) is 5.14. The summed E-state index contributed by atoms with van der Waals surface area (Å²) in [6, 6.07) is 14.7. The molecule has 1 aliphatic rings. The molecule has 0 aliphatic carbocycles. The molecule has 3 aromatic carbocycles. The van der Waals surface area contributed by atoms with Crippen molar-refractivity contribution in [1.29, 1.82) is 0 Å². The topological polar surface area (TPSA) is 108 Å². The van der Waals surface area contributed by atoms with Gasteiger partial charge in [-0.25, -0.2) is 9.46 Å². The number of benzene rings is 3. The van der Waals surface area contributed by atoms with E-state index in [-0.39, 0.29) is 19.0 Å². The lowest BCUT2D eigenvalue weighted by atomic mass is 9.93. The third-order valence-corrected chi connectivity index (χ3v) is 7.18. The van der Waals surface area contributed by atoms with Gasteiger partial charge in [0.25, 0.3) is 11.8 Å². The fourth-order valence-electron chi connectivity index (χ4n) is 3.87. The zero-order chi connectivity index (χ0) is 25.0. The first-order valence-electron chi connectivity index (χ1n) is 11.8. The lowest BCUT2D eigenvalue weighted by Gasteiger charge is -2.27. The van der Waals surface area contributed by atoms with Gasteiger partial charge in [-0.2, -0.15) is 0 Å². The highest BCUT2D eigenvalue weighted by atomic mass is 31.2. The van der Waals surface area contributed by atoms with Gasteiger partial charge in [-0.15, -0.1) is 0 Å². The summed E-state index contributed by atoms with van der Waals surface area (Å²) < 4.78 is 29.6. The Hall–Kier alpha value is -3.19. The second kappa shape index (κ2) is 10.6. The molecule has 0 radical (unpaired) electrons. The van der Waals surface area contributed by atoms with Crippen LogP contribution in [0.1, 0.15) is 60.2 Å². The minimum atomic E-state index is -3.81. The predicted molar refractivity (Wildman–Crippen MR) is 136 cm³/mol. The van der Waals surface area contributed by atoms with Gasteiger partial charge in [0, 0.05) is 27.6 Å². The maximum Gasteiger partial charge on any atom is 0.530 e. The number of anilines is 2. The summed E-state index contributed by atoms with van der Waals surface area (Å²) >= 11 is 0. The largest absolute Gasteiger partial charge is 0.530 e. The van der Waals surface area contributed by atoms with Crippen LogP contribution in [0.2, 0.25) is 0 Å². The van der Waals surface area contributed by atoms with E-state index in [1.165, 1.54) is 12.1 Å². The predicted octanol–water partition coefficient (Wildman–Crippen LogP) is 6.34. The van der Waals surface area contributed by atoms with Crippen LogP contribution in [0.25, 0.3) is 10.8 Å². The molecule has 1 aliphatic heterocycles. The summed E-state index contributed by atoms with van der Waals surface area (Å²) in [7, 11) is -3.81. The number of carbonyl (C=O) groups is 2. The summed E-state index contributed by atoms with van der Waals surface area (Å²) in [5.74, 6) is -0.634. The molecule has 2 N–H and O–H groups in total. The van der Waals surface area contributed by atoms with E-state index in [4.69, 9.17) is 19.3 Å². The van der Waals surface area contributed by atoms with Crippen molar-refractivity contribution in [2.24, 2.45) is 0 Å². The Morgan fingerprint density at radius 1 is 0.829 bits per heavy atom. The van der Waals surface area contributed by atoms with Crippen LogP contribution in [-0.2, 0) is 13.6 Å². The number of nitrogens with zero attached hydrogens (tertiary/aromatic N) is 1. The maximum absolute atomic E-state index is 13.3. The second-order valence-electron chi connectivity index (χ2n) is 8.28. The molecular formula is C26H29N2O6P. The van der Waals surface area contributed by atoms with E-state index in [2.05, 4.69) is 0 Å². The Kier molecular flexibility index (Phi) is 7.55. The molecule has 1 heterocycles. The molecule has 0 saturated heterocycles. The Labute approximate surface area is 204 Å². The molecule has 0 bridgehead atoms. The molecule has 0 spiro atoms. The van der Waals surface area contributed by atoms with Crippen LogP contribution in [0, 0.1) is 0 Å². The second-order valence-corrected chi connectivity index (χ2v) is 9.88. The van der Waals surface area contributed by atoms with Crippen LogP contribution in [0.4, 0.5) is 11.4 Å². The number of phosphoric acid groups is 1. The number of phosphoric ester groups is 1. The van der Waals surface area contributed by atoms with E-state index >= 15 is 0 Å². The van der Waals surface area contributed by atoms with Crippen LogP contribution in [0.15, 0.2) is 54.6 Å². The molecule has 0 atom stereocenters. The molecule has 0 fully saturated rings. The summed E-state index contributed by atoms with van der Waals surface area (Å²) in [6.45, 7) is 4.51. The molecular weight excluding hydrogens is 467 g/mol. The van der Waals surface area contributed by atoms with Crippen LogP contribution in [-0.4, -0.2) is 25.0 Å². The van der Waals surface area contributed by atoms with Crippen molar-refractivity contribution in [2.45, 2.75) is 39.5 Å². The number of unbranched alkanes of at least 4 members (excludes halogenated alkanes) is 2. The van der Waals surface area contributed by atoms with Crippen molar-refractivity contribution < 1.29 is 27.7 Å². The highest BCUT2D eigenvalue weighted by molar-refractivity contribution is 7.48. The standard InChI is InChI=1S/C26H29N2O6P/c1-3-5-16-32-35(31,33-17-6-4-2)34-19-12-10-18(11-13-19)28-25(29)21-9-7-8-20-23(27)15-14-22(24(20)21)26(28)30/h7-15H,3-6,16-17,27H2,1-2H3. The van der Waals surface area contributed by atoms with Crippen LogP contribution < -0.4 is 15.2 Å². The molecule has 8 nitrogen and oxygen atoms in total. The van der Waals surface area contributed by atoms with Gasteiger partial charge in [-0.3, -0.25) is 18.6 Å². The number of imide groups is 1. The molecule has 0 aromatic heterocycles. The summed E-state index contributed by atoms with van der Waals surface area (Å²) in [4.78, 5) is 27.7. The minimum absolute atomic E-state index is 0.247. The summed E-state index contributed by atoms with van der Waals surface area (Å²) in [5.41, 5.74) is 7.74. The average molecular weight is 497 g/mol. The van der Waals surface area contributed by atoms with E-state index in [0.29, 0.717) is 33.3 Å². The number of nitrogens with two attached hydrogens (primary N) is 1. The molecule has 0 saturated carbocycles. The van der Waals surface area contributed by atoms with Crippen molar-refractivity contribution in [3.63, 3.8) is 0 Å². The van der Waals surface area contributed by atoms with Crippen molar-refractivity contribution >= 4 is 41.8 Å². The molecule has 0 unspecified atom stereocenters. The number of rotatable bonds is 11. The van der Waals surface area contributed by atoms with Crippen LogP contribution in [0.3, 0.4) is 0 Å². The average Bonchev–Trinajstić information content (AvgIpc) is 2.85. The van der Waals surface area contributed by atoms with Gasteiger partial charge < -0.3 is 10.3 Å². The van der Waals surface area contributed by atoms with Crippen molar-refractivity contribution in [2.75, 3.05) is 23.8 Å². The van der Waals surface area contributed by atoms with Crippen molar-refractivity contribution in [3.05, 3.63) is 65.7 Å². The number of hydrogen-bond acceptors (Lipinski definition) is 7. The van der Waals surface area contributed by atoms with Gasteiger partial charge in [0.05, 0.1) is 18.9 Å². The van der Waals surface area contributed by atoms with Crippen molar-refractivity contribution in [3.8, 4) is 5.75 Å². The van der Waals surface area contributed by atoms with Gasteiger partial charge in [-0.05, 0) is 55.3 Å². The van der Waals surface area contributed by atoms with Crippen LogP contribution in [0.5, 0.6) is 5.75 Å². The van der Waals surface area contributed by atoms with E-state index in [1.807, 2.05) is 13.8 Å². The van der Waals surface area contributed by atoms with Gasteiger partial charge in [0.1, 0.15) is 5.75 Å². The zero-order valence-corrected chi connectivity index (χ0v) is 20.8. The van der Waals surface area contributed by atoms with Gasteiger partial charge in [-0.1, -0.05) is 38.8 Å². The van der Waals surface area contributed by atoms with E-state index in [0.717, 1.165) is 30.6 Å². The number of amides is 2. The SMILES string of the molecule is CCCCOP(=O)(OCCCC)Oc1ccc(N2C(=O)c3cccc4c(N)ccc(c34)C2=O)cc1. The molecule has 2 amide bonds. The highest BCUT2D eigenvalue weighted by Gasteiger charge is 2.34. The smallest absolute Gasteiger partial charge is 0.404 e. The van der Waals surface area contributed by atoms with Crippen molar-refractivity contribution in [1.82, 2.24) is 0 Å². The lowest BCUT2D eigenvalue weighted by molar-refractivity contribution is 0.0893. The first kappa shape index (κ1) is 24.9. The third kappa shape index (κ3) is 5.10. The van der Waals surface area contributed by atoms with E-state index in [9.17, 15) is 14.2 Å². The fraction of sp³-hybridized carbons (Fsp3) is 0.308. The summed E-state index contributed by atoms with van der Waals surface area (Å²) in [6.07, 6.45) is 3.21. The number of nitrogen functional groups attached to an aromatic ring is 1. The van der Waals surface area contributed by atoms with Gasteiger partial charge in [0.2, 0.25) is 0 Å². The minimum Gasteiger partial charge on any atom is -0.404 e. The normalized spacial score (nSPS) is 13.5. The highest BCUT2D eigenvalue weighted by Crippen LogP contribution is 2.50. The van der Waals surface area contributed by atoms with Crippen LogP contribution >= 0.6 is 7.82 Å². The number of carbonyl (C=O) groups excluding carboxylic acids is 2. The molecule has 35 heavy (non-hydrogen) atoms. The molecule has 3 aromatic rings. The molecule has 184 valence electrons. The Bertz CT molecular complexity index is 1250. The Morgan fingerprint density at radius 3 is 2.03 bits per heavy atom. The van der Waals surface area contributed by atoms with Gasteiger partial charge in [0.15, 0.2) is 0 Å². The van der Waals surface area contributed by atoms with Gasteiger partial charge >= 0.3 is 7.82 Å². The quantitative estimate of drug-likeness (QED) is 0.143. The lowest BCUT2D eigenvalue weighted by Crippen LogP contribution is -2.40. The molecule has 9 heteroatoms. The first-order valence-corrected chi connectivity index (χ1v) is 13.2. The monoisotopic (exact) mass is 496 g/mol. The zero-order valence-electron chi connectivity index (χ0n) is 19.9. The molecule has 4 rings (SSSR count). The first-order chi connectivity index (χ1) is 16.9. The Balaban J connectivity index is 1.58. The Morgan fingerprint density at radius 2 is 1.43 bits per heavy atom.